The van der Waals surface area contributed by atoms with Gasteiger partial charge in [-0.2, -0.15) is 5.10 Å². The first-order chi connectivity index (χ1) is 14.2. The number of esters is 1. The predicted molar refractivity (Wildman–Crippen MR) is 107 cm³/mol. The minimum atomic E-state index is -0.538. The first-order valence-corrected chi connectivity index (χ1v) is 9.70. The topological polar surface area (TPSA) is 83.5 Å². The van der Waals surface area contributed by atoms with Crippen molar-refractivity contribution >= 4 is 34.1 Å². The van der Waals surface area contributed by atoms with Crippen LogP contribution >= 0.6 is 11.6 Å². The summed E-state index contributed by atoms with van der Waals surface area (Å²) < 4.78 is 13.9. The molecular formula is C20H18ClN5O3. The van der Waals surface area contributed by atoms with Gasteiger partial charge in [0, 0.05) is 48.3 Å². The van der Waals surface area contributed by atoms with Crippen molar-refractivity contribution < 1.29 is 14.3 Å². The van der Waals surface area contributed by atoms with Crippen molar-refractivity contribution in [2.24, 2.45) is 0 Å². The molecule has 4 aromatic rings. The summed E-state index contributed by atoms with van der Waals surface area (Å²) in [5.41, 5.74) is 3.40. The highest BCUT2D eigenvalue weighted by Crippen LogP contribution is 2.29. The number of hydrogen-bond donors (Lipinski definition) is 0. The van der Waals surface area contributed by atoms with E-state index < -0.39 is 5.97 Å². The van der Waals surface area contributed by atoms with Crippen molar-refractivity contribution in [3.8, 4) is 11.1 Å². The zero-order valence-electron chi connectivity index (χ0n) is 15.7. The fraction of sp³-hybridized carbons (Fsp3) is 0.300. The van der Waals surface area contributed by atoms with Gasteiger partial charge in [0.05, 0.1) is 24.9 Å². The lowest BCUT2D eigenvalue weighted by Crippen LogP contribution is -2.19. The SMILES string of the molecule is COC(=O)c1c(Cl)nc2c3cc(-c4cnn(C5CCOCC5)c4)cnc3ccn12. The first kappa shape index (κ1) is 18.1. The Morgan fingerprint density at radius 2 is 2.10 bits per heavy atom. The average Bonchev–Trinajstić information content (AvgIpc) is 3.38. The van der Waals surface area contributed by atoms with Gasteiger partial charge in [0.1, 0.15) is 5.65 Å². The minimum Gasteiger partial charge on any atom is -0.464 e. The highest BCUT2D eigenvalue weighted by molar-refractivity contribution is 6.32. The number of ether oxygens (including phenoxy) is 2. The number of carbonyl (C=O) groups is 1. The van der Waals surface area contributed by atoms with Crippen molar-refractivity contribution in [1.82, 2.24) is 24.1 Å². The van der Waals surface area contributed by atoms with E-state index in [9.17, 15) is 4.79 Å². The van der Waals surface area contributed by atoms with E-state index in [1.54, 1.807) is 10.6 Å². The Morgan fingerprint density at radius 3 is 2.90 bits per heavy atom. The molecule has 29 heavy (non-hydrogen) atoms. The highest BCUT2D eigenvalue weighted by Gasteiger charge is 2.21. The lowest BCUT2D eigenvalue weighted by atomic mass is 10.1. The molecular weight excluding hydrogens is 394 g/mol. The van der Waals surface area contributed by atoms with E-state index in [1.165, 1.54) is 7.11 Å². The van der Waals surface area contributed by atoms with Gasteiger partial charge in [-0.15, -0.1) is 0 Å². The van der Waals surface area contributed by atoms with Crippen LogP contribution in [0.2, 0.25) is 5.15 Å². The summed E-state index contributed by atoms with van der Waals surface area (Å²) in [6, 6.07) is 4.17. The molecule has 0 bridgehead atoms. The number of methoxy groups -OCH3 is 1. The van der Waals surface area contributed by atoms with Crippen LogP contribution in [0.3, 0.4) is 0 Å². The summed E-state index contributed by atoms with van der Waals surface area (Å²) in [6.45, 7) is 1.52. The molecule has 1 fully saturated rings. The number of imidazole rings is 1. The lowest BCUT2D eigenvalue weighted by molar-refractivity contribution is 0.0593. The molecule has 0 atom stereocenters. The van der Waals surface area contributed by atoms with Crippen LogP contribution in [-0.4, -0.2) is 50.4 Å². The third kappa shape index (κ3) is 3.04. The van der Waals surface area contributed by atoms with Crippen molar-refractivity contribution in [1.29, 1.82) is 0 Å². The third-order valence-corrected chi connectivity index (χ3v) is 5.55. The maximum Gasteiger partial charge on any atom is 0.358 e. The van der Waals surface area contributed by atoms with Gasteiger partial charge in [0.15, 0.2) is 10.8 Å². The van der Waals surface area contributed by atoms with Gasteiger partial charge in [0.2, 0.25) is 0 Å². The second-order valence-electron chi connectivity index (χ2n) is 6.96. The molecule has 4 aromatic heterocycles. The quantitative estimate of drug-likeness (QED) is 0.479. The Balaban J connectivity index is 1.60. The highest BCUT2D eigenvalue weighted by atomic mass is 35.5. The van der Waals surface area contributed by atoms with Gasteiger partial charge >= 0.3 is 5.97 Å². The Bertz CT molecular complexity index is 1230. The zero-order chi connectivity index (χ0) is 20.0. The van der Waals surface area contributed by atoms with Crippen LogP contribution in [0.1, 0.15) is 29.4 Å². The van der Waals surface area contributed by atoms with Crippen molar-refractivity contribution in [2.75, 3.05) is 20.3 Å². The summed E-state index contributed by atoms with van der Waals surface area (Å²) in [5, 5.41) is 5.43. The van der Waals surface area contributed by atoms with Gasteiger partial charge in [-0.3, -0.25) is 14.1 Å². The van der Waals surface area contributed by atoms with Gasteiger partial charge in [-0.25, -0.2) is 9.78 Å². The summed E-state index contributed by atoms with van der Waals surface area (Å²) in [6.07, 6.45) is 9.34. The molecule has 9 heteroatoms. The molecule has 5 heterocycles. The van der Waals surface area contributed by atoms with E-state index in [0.29, 0.717) is 11.7 Å². The second-order valence-corrected chi connectivity index (χ2v) is 7.32. The molecule has 148 valence electrons. The summed E-state index contributed by atoms with van der Waals surface area (Å²) in [5.74, 6) is -0.538. The number of fused-ring (bicyclic) bond motifs is 3. The molecule has 1 aliphatic heterocycles. The molecule has 0 radical (unpaired) electrons. The predicted octanol–water partition coefficient (Wildman–Crippen LogP) is 3.54. The monoisotopic (exact) mass is 411 g/mol. The van der Waals surface area contributed by atoms with E-state index in [4.69, 9.17) is 21.1 Å². The molecule has 1 saturated heterocycles. The molecule has 0 aromatic carbocycles. The number of halogens is 1. The molecule has 0 saturated carbocycles. The van der Waals surface area contributed by atoms with Crippen LogP contribution in [0.5, 0.6) is 0 Å². The van der Waals surface area contributed by atoms with E-state index in [2.05, 4.69) is 15.1 Å². The number of rotatable bonds is 3. The largest absolute Gasteiger partial charge is 0.464 e. The maximum absolute atomic E-state index is 12.1. The van der Waals surface area contributed by atoms with E-state index in [-0.39, 0.29) is 10.8 Å². The summed E-state index contributed by atoms with van der Waals surface area (Å²) in [4.78, 5) is 21.0. The van der Waals surface area contributed by atoms with Crippen LogP contribution in [-0.2, 0) is 9.47 Å². The molecule has 0 aliphatic carbocycles. The smallest absolute Gasteiger partial charge is 0.358 e. The van der Waals surface area contributed by atoms with Crippen LogP contribution in [0.25, 0.3) is 27.7 Å². The Morgan fingerprint density at radius 1 is 1.28 bits per heavy atom. The molecule has 0 N–H and O–H groups in total. The molecule has 5 rings (SSSR count). The van der Waals surface area contributed by atoms with Crippen LogP contribution in [0.15, 0.2) is 36.9 Å². The fourth-order valence-electron chi connectivity index (χ4n) is 3.75. The Labute approximate surface area is 171 Å². The van der Waals surface area contributed by atoms with E-state index in [0.717, 1.165) is 48.1 Å². The fourth-order valence-corrected chi connectivity index (χ4v) is 3.99. The number of carbonyl (C=O) groups excluding carboxylic acids is 1. The normalized spacial score (nSPS) is 15.2. The van der Waals surface area contributed by atoms with Gasteiger partial charge in [0.25, 0.3) is 0 Å². The zero-order valence-corrected chi connectivity index (χ0v) is 16.5. The standard InChI is InChI=1S/C20H18ClN5O3/c1-28-20(27)17-18(21)24-19-15-8-12(9-22-16(15)2-5-25(17)19)13-10-23-26(11-13)14-3-6-29-7-4-14/h2,5,8-11,14H,3-4,6-7H2,1H3. The van der Waals surface area contributed by atoms with E-state index >= 15 is 0 Å². The second kappa shape index (κ2) is 7.13. The first-order valence-electron chi connectivity index (χ1n) is 9.32. The number of aromatic nitrogens is 5. The minimum absolute atomic E-state index is 0.0992. The summed E-state index contributed by atoms with van der Waals surface area (Å²) in [7, 11) is 1.31. The van der Waals surface area contributed by atoms with Crippen LogP contribution in [0.4, 0.5) is 0 Å². The van der Waals surface area contributed by atoms with Gasteiger partial charge in [-0.05, 0) is 25.0 Å². The molecule has 0 unspecified atom stereocenters. The Kier molecular flexibility index (Phi) is 4.44. The van der Waals surface area contributed by atoms with Crippen LogP contribution in [0, 0.1) is 0 Å². The third-order valence-electron chi connectivity index (χ3n) is 5.29. The van der Waals surface area contributed by atoms with Crippen molar-refractivity contribution in [2.45, 2.75) is 18.9 Å². The van der Waals surface area contributed by atoms with E-state index in [1.807, 2.05) is 35.4 Å². The lowest BCUT2D eigenvalue weighted by Gasteiger charge is -2.22. The number of nitrogens with zero attached hydrogens (tertiary/aromatic N) is 5. The Hall–Kier alpha value is -2.97. The van der Waals surface area contributed by atoms with Crippen LogP contribution < -0.4 is 0 Å². The molecule has 0 amide bonds. The van der Waals surface area contributed by atoms with Crippen molar-refractivity contribution in [3.05, 3.63) is 47.8 Å². The van der Waals surface area contributed by atoms with Gasteiger partial charge in [-0.1, -0.05) is 11.6 Å². The molecule has 0 spiro atoms. The molecule has 8 nitrogen and oxygen atoms in total. The summed E-state index contributed by atoms with van der Waals surface area (Å²) >= 11 is 6.21. The van der Waals surface area contributed by atoms with Gasteiger partial charge < -0.3 is 9.47 Å². The average molecular weight is 412 g/mol. The number of hydrogen-bond acceptors (Lipinski definition) is 6. The van der Waals surface area contributed by atoms with Crippen molar-refractivity contribution in [3.63, 3.8) is 0 Å². The maximum atomic E-state index is 12.1. The molecule has 1 aliphatic rings. The number of pyridine rings is 2.